The second-order valence-electron chi connectivity index (χ2n) is 3.48. The first-order chi connectivity index (χ1) is 7.52. The van der Waals surface area contributed by atoms with E-state index in [1.807, 2.05) is 0 Å². The van der Waals surface area contributed by atoms with Gasteiger partial charge in [-0.15, -0.1) is 0 Å². The third kappa shape index (κ3) is 1.51. The number of aromatic nitrogens is 2. The van der Waals surface area contributed by atoms with E-state index in [0.29, 0.717) is 10.9 Å². The van der Waals surface area contributed by atoms with Crippen LogP contribution in [-0.4, -0.2) is 22.7 Å². The quantitative estimate of drug-likeness (QED) is 0.317. The zero-order valence-corrected chi connectivity index (χ0v) is 9.45. The summed E-state index contributed by atoms with van der Waals surface area (Å²) in [4.78, 5) is 18.3. The summed E-state index contributed by atoms with van der Waals surface area (Å²) in [5.74, 6) is 0. The fourth-order valence-corrected chi connectivity index (χ4v) is 1.79. The third-order valence-electron chi connectivity index (χ3n) is 2.55. The minimum absolute atomic E-state index is 0.000648. The Kier molecular flexibility index (Phi) is 2.51. The molecule has 0 aliphatic heterocycles. The van der Waals surface area contributed by atoms with E-state index in [1.54, 1.807) is 20.8 Å². The van der Waals surface area contributed by atoms with Crippen molar-refractivity contribution >= 4 is 41.5 Å². The molecule has 0 N–H and O–H groups in total. The molecular formula is C9H7BClN3O2. The van der Waals surface area contributed by atoms with E-state index in [0.717, 1.165) is 5.46 Å². The zero-order valence-electron chi connectivity index (χ0n) is 8.69. The Morgan fingerprint density at radius 1 is 1.50 bits per heavy atom. The minimum Gasteiger partial charge on any atom is -0.258 e. The number of halogens is 1. The molecule has 0 atom stereocenters. The predicted molar refractivity (Wildman–Crippen MR) is 64.1 cm³/mol. The van der Waals surface area contributed by atoms with Gasteiger partial charge in [0.15, 0.2) is 5.52 Å². The normalized spacial score (nSPS) is 10.6. The molecule has 2 rings (SSSR count). The van der Waals surface area contributed by atoms with Crippen LogP contribution >= 0.6 is 11.6 Å². The van der Waals surface area contributed by atoms with Crippen LogP contribution in [0.25, 0.3) is 10.9 Å². The van der Waals surface area contributed by atoms with Crippen LogP contribution in [0.3, 0.4) is 0 Å². The summed E-state index contributed by atoms with van der Waals surface area (Å²) < 4.78 is 0. The maximum atomic E-state index is 11.0. The highest BCUT2D eigenvalue weighted by atomic mass is 35.5. The minimum atomic E-state index is -0.437. The van der Waals surface area contributed by atoms with Crippen molar-refractivity contribution in [2.24, 2.45) is 0 Å². The van der Waals surface area contributed by atoms with Gasteiger partial charge in [0.25, 0.3) is 5.69 Å². The van der Waals surface area contributed by atoms with Crippen LogP contribution in [0.2, 0.25) is 5.15 Å². The summed E-state index contributed by atoms with van der Waals surface area (Å²) >= 11 is 5.88. The van der Waals surface area contributed by atoms with Crippen molar-refractivity contribution in [1.29, 1.82) is 0 Å². The van der Waals surface area contributed by atoms with Gasteiger partial charge in [-0.2, -0.15) is 0 Å². The zero-order chi connectivity index (χ0) is 11.9. The van der Waals surface area contributed by atoms with E-state index in [1.165, 1.54) is 6.33 Å². The summed E-state index contributed by atoms with van der Waals surface area (Å²) in [7, 11) is 1.80. The molecule has 0 aliphatic carbocycles. The van der Waals surface area contributed by atoms with Crippen molar-refractivity contribution in [2.45, 2.75) is 6.92 Å². The molecule has 0 saturated carbocycles. The smallest absolute Gasteiger partial charge is 0.258 e. The van der Waals surface area contributed by atoms with Gasteiger partial charge in [0.1, 0.15) is 19.3 Å². The monoisotopic (exact) mass is 235 g/mol. The van der Waals surface area contributed by atoms with E-state index in [2.05, 4.69) is 9.97 Å². The SMILES string of the molecule is Bc1cc2c(Cl)ncnc2c([N+](=O)[O-])c1C. The maximum absolute atomic E-state index is 11.0. The Morgan fingerprint density at radius 3 is 2.81 bits per heavy atom. The van der Waals surface area contributed by atoms with Gasteiger partial charge in [0, 0.05) is 10.9 Å². The predicted octanol–water partition coefficient (Wildman–Crippen LogP) is 0.758. The Hall–Kier alpha value is -1.69. The van der Waals surface area contributed by atoms with Crippen molar-refractivity contribution in [3.8, 4) is 0 Å². The van der Waals surface area contributed by atoms with Crippen LogP contribution in [0.4, 0.5) is 5.69 Å². The maximum Gasteiger partial charge on any atom is 0.297 e. The van der Waals surface area contributed by atoms with Gasteiger partial charge in [0.05, 0.1) is 4.92 Å². The van der Waals surface area contributed by atoms with Crippen molar-refractivity contribution < 1.29 is 4.92 Å². The summed E-state index contributed by atoms with van der Waals surface area (Å²) in [6.45, 7) is 1.70. The lowest BCUT2D eigenvalue weighted by molar-refractivity contribution is -0.383. The van der Waals surface area contributed by atoms with Crippen LogP contribution in [0.1, 0.15) is 5.56 Å². The lowest BCUT2D eigenvalue weighted by Gasteiger charge is -2.05. The number of hydrogen-bond donors (Lipinski definition) is 0. The molecule has 1 heterocycles. The van der Waals surface area contributed by atoms with Crippen molar-refractivity contribution in [2.75, 3.05) is 0 Å². The molecular weight excluding hydrogens is 228 g/mol. The summed E-state index contributed by atoms with van der Waals surface area (Å²) in [6.07, 6.45) is 1.23. The summed E-state index contributed by atoms with van der Waals surface area (Å²) in [5, 5.41) is 11.7. The number of benzene rings is 1. The molecule has 0 radical (unpaired) electrons. The van der Waals surface area contributed by atoms with E-state index < -0.39 is 4.92 Å². The van der Waals surface area contributed by atoms with Gasteiger partial charge < -0.3 is 0 Å². The van der Waals surface area contributed by atoms with Crippen LogP contribution in [-0.2, 0) is 0 Å². The molecule has 0 saturated heterocycles. The number of nitro groups is 1. The van der Waals surface area contributed by atoms with Gasteiger partial charge in [-0.3, -0.25) is 10.1 Å². The number of rotatable bonds is 1. The fourth-order valence-electron chi connectivity index (χ4n) is 1.60. The largest absolute Gasteiger partial charge is 0.297 e. The van der Waals surface area contributed by atoms with Gasteiger partial charge in [-0.1, -0.05) is 23.1 Å². The number of fused-ring (bicyclic) bond motifs is 1. The molecule has 0 bridgehead atoms. The van der Waals surface area contributed by atoms with Crippen molar-refractivity contribution in [3.05, 3.63) is 33.2 Å². The van der Waals surface area contributed by atoms with Crippen LogP contribution in [0, 0.1) is 17.0 Å². The summed E-state index contributed by atoms with van der Waals surface area (Å²) in [6, 6.07) is 1.76. The Morgan fingerprint density at radius 2 is 2.19 bits per heavy atom. The molecule has 1 aromatic carbocycles. The lowest BCUT2D eigenvalue weighted by atomic mass is 9.89. The molecule has 0 unspecified atom stereocenters. The third-order valence-corrected chi connectivity index (χ3v) is 2.85. The second kappa shape index (κ2) is 3.71. The van der Waals surface area contributed by atoms with Gasteiger partial charge in [0.2, 0.25) is 0 Å². The standard InChI is InChI=1S/C9H7BClN3O2/c1-4-6(10)2-5-7(8(4)14(15)16)12-3-13-9(5)11/h2-3H,10H2,1H3. The first-order valence-corrected chi connectivity index (χ1v) is 4.95. The highest BCUT2D eigenvalue weighted by molar-refractivity contribution is 6.38. The highest BCUT2D eigenvalue weighted by Crippen LogP contribution is 2.28. The Balaban J connectivity index is 3.00. The summed E-state index contributed by atoms with van der Waals surface area (Å²) in [5.41, 5.74) is 1.69. The Bertz CT molecular complexity index is 603. The molecule has 0 amide bonds. The molecule has 0 spiro atoms. The number of nitrogens with zero attached hydrogens (tertiary/aromatic N) is 3. The Labute approximate surface area is 97.0 Å². The molecule has 16 heavy (non-hydrogen) atoms. The molecule has 5 nitrogen and oxygen atoms in total. The van der Waals surface area contributed by atoms with E-state index in [9.17, 15) is 10.1 Å². The molecule has 7 heteroatoms. The van der Waals surface area contributed by atoms with Gasteiger partial charge in [-0.05, 0) is 6.92 Å². The first-order valence-electron chi connectivity index (χ1n) is 4.57. The molecule has 1 aromatic heterocycles. The average Bonchev–Trinajstić information content (AvgIpc) is 2.21. The first kappa shape index (κ1) is 10.8. The molecule has 2 aromatic rings. The van der Waals surface area contributed by atoms with Crippen molar-refractivity contribution in [1.82, 2.24) is 9.97 Å². The average molecular weight is 235 g/mol. The van der Waals surface area contributed by atoms with Crippen LogP contribution < -0.4 is 5.46 Å². The van der Waals surface area contributed by atoms with Gasteiger partial charge in [-0.25, -0.2) is 9.97 Å². The highest BCUT2D eigenvalue weighted by Gasteiger charge is 2.20. The van der Waals surface area contributed by atoms with Crippen molar-refractivity contribution in [3.63, 3.8) is 0 Å². The second-order valence-corrected chi connectivity index (χ2v) is 3.84. The topological polar surface area (TPSA) is 68.9 Å². The van der Waals surface area contributed by atoms with E-state index in [4.69, 9.17) is 11.6 Å². The van der Waals surface area contributed by atoms with E-state index in [-0.39, 0.29) is 16.4 Å². The van der Waals surface area contributed by atoms with Gasteiger partial charge >= 0.3 is 0 Å². The molecule has 80 valence electrons. The fraction of sp³-hybridized carbons (Fsp3) is 0.111. The van der Waals surface area contributed by atoms with Crippen LogP contribution in [0.15, 0.2) is 12.4 Å². The van der Waals surface area contributed by atoms with Crippen LogP contribution in [0.5, 0.6) is 0 Å². The molecule has 0 aliphatic rings. The molecule has 0 fully saturated rings. The lowest BCUT2D eigenvalue weighted by Crippen LogP contribution is -2.11. The van der Waals surface area contributed by atoms with E-state index >= 15 is 0 Å². The number of nitro benzene ring substituents is 1. The number of hydrogen-bond acceptors (Lipinski definition) is 4.